The molecule has 112 valence electrons. The Morgan fingerprint density at radius 2 is 0.800 bits per heavy atom. The molecule has 8 heteroatoms. The maximum atomic E-state index is 5.06. The Morgan fingerprint density at radius 1 is 0.550 bits per heavy atom. The molecule has 0 saturated heterocycles. The van der Waals surface area contributed by atoms with Crippen LogP contribution in [0.25, 0.3) is 0 Å². The normalized spacial score (nSPS) is 14.5. The van der Waals surface area contributed by atoms with Gasteiger partial charge in [0.25, 0.3) is 0 Å². The summed E-state index contributed by atoms with van der Waals surface area (Å²) >= 11 is 0.0287. The van der Waals surface area contributed by atoms with E-state index in [0.717, 1.165) is 0 Å². The SMILES string of the molecule is [Cl][Sb-]([Cl])([Cl])([Cl])([Cl])[Cl].c1ccc([I+]c2ccccc2)cc1. The van der Waals surface area contributed by atoms with Crippen molar-refractivity contribution in [2.24, 2.45) is 0 Å². The number of hydrogen-bond acceptors (Lipinski definition) is 0. The first-order chi connectivity index (χ1) is 8.90. The third-order valence-electron chi connectivity index (χ3n) is 1.68. The largest absolute Gasteiger partial charge is 0.357 e. The molecule has 0 aliphatic carbocycles. The number of halogens is 7. The van der Waals surface area contributed by atoms with Gasteiger partial charge in [-0.15, -0.1) is 0 Å². The molecule has 0 aliphatic rings. The summed E-state index contributed by atoms with van der Waals surface area (Å²) in [5, 5.41) is 0. The third-order valence-corrected chi connectivity index (χ3v) is 4.37. The molecule has 0 N–H and O–H groups in total. The quantitative estimate of drug-likeness (QED) is 0.358. The van der Waals surface area contributed by atoms with Gasteiger partial charge in [-0.3, -0.25) is 0 Å². The second-order valence-electron chi connectivity index (χ2n) is 3.64. The van der Waals surface area contributed by atoms with Crippen LogP contribution in [0.3, 0.4) is 0 Å². The Hall–Kier alpha value is 1.73. The fourth-order valence-corrected chi connectivity index (χ4v) is 3.35. The molecule has 0 aliphatic heterocycles. The monoisotopic (exact) mass is 612 g/mol. The molecular weight excluding hydrogens is 606 g/mol. The number of benzene rings is 2. The fourth-order valence-electron chi connectivity index (χ4n) is 1.08. The molecule has 0 bridgehead atoms. The van der Waals surface area contributed by atoms with E-state index in [0.29, 0.717) is 0 Å². The summed E-state index contributed by atoms with van der Waals surface area (Å²) in [6.07, 6.45) is 0. The first-order valence-electron chi connectivity index (χ1n) is 5.21. The third kappa shape index (κ3) is 14.7. The van der Waals surface area contributed by atoms with Crippen molar-refractivity contribution < 1.29 is 21.2 Å². The van der Waals surface area contributed by atoms with Gasteiger partial charge in [0.1, 0.15) is 0 Å². The summed E-state index contributed by atoms with van der Waals surface area (Å²) < 4.78 is 2.96. The van der Waals surface area contributed by atoms with Crippen LogP contribution in [0.4, 0.5) is 0 Å². The van der Waals surface area contributed by atoms with Crippen LogP contribution in [0.2, 0.25) is 0 Å². The molecule has 0 aromatic heterocycles. The average Bonchev–Trinajstić information content (AvgIpc) is 2.27. The van der Waals surface area contributed by atoms with Crippen molar-refractivity contribution in [1.82, 2.24) is 0 Å². The molecule has 20 heavy (non-hydrogen) atoms. The molecule has 0 heterocycles. The second-order valence-corrected chi connectivity index (χ2v) is 63.6. The maximum absolute atomic E-state index is 5.42. The van der Waals surface area contributed by atoms with Crippen molar-refractivity contribution in [1.29, 1.82) is 0 Å². The number of rotatable bonds is 2. The summed E-state index contributed by atoms with van der Waals surface area (Å²) in [5.74, 6) is 0. The van der Waals surface area contributed by atoms with Gasteiger partial charge >= 0.3 is 83.3 Å². The summed E-state index contributed by atoms with van der Waals surface area (Å²) in [4.78, 5) is 0. The summed E-state index contributed by atoms with van der Waals surface area (Å²) in [6.45, 7) is 0. The zero-order valence-electron chi connectivity index (χ0n) is 9.87. The van der Waals surface area contributed by atoms with E-state index < -0.39 is 9.14 Å². The second kappa shape index (κ2) is 7.09. The summed E-state index contributed by atoms with van der Waals surface area (Å²) in [5.41, 5.74) is 0. The molecule has 0 saturated carbocycles. The Kier molecular flexibility index (Phi) is 7.01. The Bertz CT molecular complexity index is 489. The average molecular weight is 616 g/mol. The molecule has 0 fully saturated rings. The van der Waals surface area contributed by atoms with Gasteiger partial charge in [-0.05, 0) is 24.3 Å². The van der Waals surface area contributed by atoms with Crippen molar-refractivity contribution in [3.8, 4) is 0 Å². The minimum absolute atomic E-state index is 0.0287. The minimum Gasteiger partial charge on any atom is -0.0619 e. The van der Waals surface area contributed by atoms with Crippen LogP contribution in [-0.4, -0.2) is 9.14 Å². The van der Waals surface area contributed by atoms with Gasteiger partial charge in [0.05, 0.1) is 0 Å². The van der Waals surface area contributed by atoms with Gasteiger partial charge in [-0.2, -0.15) is 0 Å². The van der Waals surface area contributed by atoms with Crippen molar-refractivity contribution in [3.63, 3.8) is 0 Å². The topological polar surface area (TPSA) is 0 Å². The molecule has 2 rings (SSSR count). The van der Waals surface area contributed by atoms with E-state index in [1.54, 1.807) is 0 Å². The zero-order chi connectivity index (χ0) is 15.3. The van der Waals surface area contributed by atoms with E-state index in [2.05, 4.69) is 60.7 Å². The van der Waals surface area contributed by atoms with Crippen molar-refractivity contribution in [2.45, 2.75) is 0 Å². The number of hydrogen-bond donors (Lipinski definition) is 0. The van der Waals surface area contributed by atoms with E-state index in [1.807, 2.05) is 0 Å². The van der Waals surface area contributed by atoms with Gasteiger partial charge < -0.3 is 0 Å². The van der Waals surface area contributed by atoms with E-state index >= 15 is 0 Å². The zero-order valence-corrected chi connectivity index (χ0v) is 19.1. The molecule has 0 atom stereocenters. The fraction of sp³-hybridized carbons (Fsp3) is 0. The van der Waals surface area contributed by atoms with Gasteiger partial charge in [-0.25, -0.2) is 0 Å². The maximum Gasteiger partial charge on any atom is 0.357 e. The van der Waals surface area contributed by atoms with Crippen molar-refractivity contribution in [3.05, 3.63) is 67.8 Å². The van der Waals surface area contributed by atoms with E-state index in [9.17, 15) is 0 Å². The Balaban J connectivity index is 0.000000246. The molecule has 2 aromatic rings. The van der Waals surface area contributed by atoms with Gasteiger partial charge in [0, 0.05) is 0 Å². The molecule has 0 unspecified atom stereocenters. The van der Waals surface area contributed by atoms with E-state index in [4.69, 9.17) is 53.0 Å². The van der Waals surface area contributed by atoms with E-state index in [-0.39, 0.29) is 21.2 Å². The molecule has 0 nitrogen and oxygen atoms in total. The standard InChI is InChI=1S/C12H10I.6ClH.Sb/c1-3-7-11(8-4-1)13-12-9-5-2-6-10-12;;;;;;;/h1-10H;6*1H;/q+1;;;;;;;+5/p-6. The van der Waals surface area contributed by atoms with Crippen molar-refractivity contribution >= 4 is 62.1 Å². The van der Waals surface area contributed by atoms with Gasteiger partial charge in [-0.1, -0.05) is 36.4 Å². The van der Waals surface area contributed by atoms with Crippen LogP contribution in [0, 0.1) is 7.14 Å². The molecule has 2 aromatic carbocycles. The van der Waals surface area contributed by atoms with Crippen LogP contribution < -0.4 is 21.2 Å². The van der Waals surface area contributed by atoms with Crippen LogP contribution in [-0.2, 0) is 0 Å². The first kappa shape index (κ1) is 19.8. The van der Waals surface area contributed by atoms with Crippen LogP contribution in [0.1, 0.15) is 0 Å². The Morgan fingerprint density at radius 3 is 1.05 bits per heavy atom. The summed E-state index contributed by atoms with van der Waals surface area (Å²) in [7, 11) is 25.0. The predicted molar refractivity (Wildman–Crippen MR) is 91.2 cm³/mol. The van der Waals surface area contributed by atoms with Crippen LogP contribution in [0.5, 0.6) is 0 Å². The molecule has 0 spiro atoms. The van der Waals surface area contributed by atoms with Crippen LogP contribution >= 0.6 is 53.0 Å². The van der Waals surface area contributed by atoms with E-state index in [1.165, 1.54) is 7.14 Å². The molecule has 0 radical (unpaired) electrons. The minimum atomic E-state index is -5.42. The predicted octanol–water partition coefficient (Wildman–Crippen LogP) is 3.57. The van der Waals surface area contributed by atoms with Crippen LogP contribution in [0.15, 0.2) is 60.7 Å². The summed E-state index contributed by atoms with van der Waals surface area (Å²) in [6, 6.07) is 21.4. The Labute approximate surface area is 149 Å². The molecule has 0 amide bonds. The van der Waals surface area contributed by atoms with Crippen molar-refractivity contribution in [2.75, 3.05) is 0 Å². The first-order valence-corrected chi connectivity index (χ1v) is 26.8. The van der Waals surface area contributed by atoms with Gasteiger partial charge in [0.2, 0.25) is 0 Å². The smallest absolute Gasteiger partial charge is 0.0619 e. The van der Waals surface area contributed by atoms with Gasteiger partial charge in [0.15, 0.2) is 7.14 Å². The molecular formula is C12H10Cl6ISb.